The third-order valence-corrected chi connectivity index (χ3v) is 5.42. The molecule has 2 aromatic carbocycles. The second kappa shape index (κ2) is 8.02. The van der Waals surface area contributed by atoms with E-state index in [4.69, 9.17) is 34.5 Å². The maximum atomic E-state index is 14.3. The molecule has 156 valence electrons. The molecule has 0 saturated heterocycles. The second-order valence-corrected chi connectivity index (χ2v) is 7.24. The van der Waals surface area contributed by atoms with Gasteiger partial charge in [-0.1, -0.05) is 35.3 Å². The number of rotatable bonds is 4. The first kappa shape index (κ1) is 20.8. The monoisotopic (exact) mass is 457 g/mol. The summed E-state index contributed by atoms with van der Waals surface area (Å²) in [4.78, 5) is 19.9. The predicted octanol–water partition coefficient (Wildman–Crippen LogP) is 5.60. The highest BCUT2D eigenvalue weighted by atomic mass is 35.5. The Bertz CT molecular complexity index is 1390. The molecular formula is C21H14Cl2FN5O2. The molecule has 0 saturated carbocycles. The van der Waals surface area contributed by atoms with E-state index in [0.717, 1.165) is 0 Å². The molecule has 0 spiro atoms. The number of hydrogen-bond donors (Lipinski definition) is 0. The van der Waals surface area contributed by atoms with Crippen LogP contribution >= 0.6 is 23.2 Å². The number of fused-ring (bicyclic) bond motifs is 1. The zero-order valence-corrected chi connectivity index (χ0v) is 17.9. The van der Waals surface area contributed by atoms with E-state index < -0.39 is 11.8 Å². The fourth-order valence-electron chi connectivity index (χ4n) is 3.19. The normalized spacial score (nSPS) is 11.0. The van der Waals surface area contributed by atoms with Gasteiger partial charge >= 0.3 is 5.97 Å². The smallest absolute Gasteiger partial charge is 0.360 e. The number of imidazole rings is 1. The van der Waals surface area contributed by atoms with Crippen molar-refractivity contribution >= 4 is 45.8 Å². The Labute approximate surface area is 186 Å². The number of carbonyl (C=O) groups excluding carboxylic acids is 1. The van der Waals surface area contributed by atoms with Gasteiger partial charge in [0.25, 0.3) is 0 Å². The maximum absolute atomic E-state index is 14.3. The number of benzene rings is 2. The zero-order valence-electron chi connectivity index (χ0n) is 16.4. The predicted molar refractivity (Wildman–Crippen MR) is 115 cm³/mol. The molecule has 4 rings (SSSR count). The van der Waals surface area contributed by atoms with Gasteiger partial charge in [0, 0.05) is 23.7 Å². The highest BCUT2D eigenvalue weighted by Gasteiger charge is 2.25. The molecule has 7 nitrogen and oxygen atoms in total. The molecule has 2 heterocycles. The van der Waals surface area contributed by atoms with E-state index in [-0.39, 0.29) is 29.0 Å². The molecule has 0 aliphatic rings. The Morgan fingerprint density at radius 2 is 2.00 bits per heavy atom. The van der Waals surface area contributed by atoms with Crippen LogP contribution in [0.15, 0.2) is 36.4 Å². The number of nitrogens with zero attached hydrogens (tertiary/aromatic N) is 5. The second-order valence-electron chi connectivity index (χ2n) is 6.52. The van der Waals surface area contributed by atoms with Crippen molar-refractivity contribution in [3.63, 3.8) is 0 Å². The maximum Gasteiger partial charge on any atom is 0.360 e. The highest BCUT2D eigenvalue weighted by Crippen LogP contribution is 2.34. The Morgan fingerprint density at radius 3 is 2.68 bits per heavy atom. The lowest BCUT2D eigenvalue weighted by Crippen LogP contribution is -2.06. The summed E-state index contributed by atoms with van der Waals surface area (Å²) >= 11 is 12.9. The van der Waals surface area contributed by atoms with E-state index in [0.29, 0.717) is 27.3 Å². The summed E-state index contributed by atoms with van der Waals surface area (Å²) in [5.41, 5.74) is 1.32. The van der Waals surface area contributed by atoms with Crippen LogP contribution in [0.25, 0.3) is 32.8 Å². The molecule has 0 aliphatic carbocycles. The van der Waals surface area contributed by atoms with Crippen molar-refractivity contribution in [1.82, 2.24) is 19.3 Å². The van der Waals surface area contributed by atoms with Crippen LogP contribution in [0, 0.1) is 12.4 Å². The van der Waals surface area contributed by atoms with E-state index in [1.165, 1.54) is 27.4 Å². The minimum absolute atomic E-state index is 0.00229. The molecule has 10 heteroatoms. The van der Waals surface area contributed by atoms with E-state index in [9.17, 15) is 9.18 Å². The molecule has 0 fully saturated rings. The van der Waals surface area contributed by atoms with Crippen molar-refractivity contribution < 1.29 is 13.9 Å². The molecule has 2 aromatic heterocycles. The lowest BCUT2D eigenvalue weighted by molar-refractivity contribution is 0.0520. The van der Waals surface area contributed by atoms with Crippen LogP contribution in [0.1, 0.15) is 17.4 Å². The number of esters is 1. The number of halogens is 3. The first-order valence-electron chi connectivity index (χ1n) is 9.11. The molecule has 0 unspecified atom stereocenters. The lowest BCUT2D eigenvalue weighted by atomic mass is 10.1. The molecule has 0 amide bonds. The van der Waals surface area contributed by atoms with E-state index in [1.54, 1.807) is 32.2 Å². The Morgan fingerprint density at radius 1 is 1.23 bits per heavy atom. The van der Waals surface area contributed by atoms with Crippen molar-refractivity contribution in [2.24, 2.45) is 7.05 Å². The summed E-state index contributed by atoms with van der Waals surface area (Å²) < 4.78 is 22.4. The van der Waals surface area contributed by atoms with Gasteiger partial charge in [-0.2, -0.15) is 5.10 Å². The summed E-state index contributed by atoms with van der Waals surface area (Å²) in [6.07, 6.45) is 0. The van der Waals surface area contributed by atoms with Gasteiger partial charge in [-0.3, -0.25) is 9.25 Å². The van der Waals surface area contributed by atoms with Gasteiger partial charge in [0.2, 0.25) is 5.69 Å². The minimum atomic E-state index is -0.707. The van der Waals surface area contributed by atoms with E-state index >= 15 is 0 Å². The Kier molecular flexibility index (Phi) is 5.39. The van der Waals surface area contributed by atoms with Crippen LogP contribution in [0.2, 0.25) is 10.3 Å². The quantitative estimate of drug-likeness (QED) is 0.295. The van der Waals surface area contributed by atoms with Gasteiger partial charge in [0.1, 0.15) is 21.9 Å². The third-order valence-electron chi connectivity index (χ3n) is 4.62. The summed E-state index contributed by atoms with van der Waals surface area (Å²) in [7, 11) is 1.72. The first-order chi connectivity index (χ1) is 14.8. The topological polar surface area (TPSA) is 66.3 Å². The van der Waals surface area contributed by atoms with Gasteiger partial charge in [0.15, 0.2) is 5.69 Å². The summed E-state index contributed by atoms with van der Waals surface area (Å²) in [6.45, 7) is 8.85. The fourth-order valence-corrected chi connectivity index (χ4v) is 3.68. The van der Waals surface area contributed by atoms with Crippen LogP contribution < -0.4 is 0 Å². The number of ether oxygens (including phenoxy) is 1. The van der Waals surface area contributed by atoms with Gasteiger partial charge < -0.3 is 4.74 Å². The van der Waals surface area contributed by atoms with Crippen LogP contribution in [0.3, 0.4) is 0 Å². The van der Waals surface area contributed by atoms with Crippen molar-refractivity contribution in [3.05, 3.63) is 69.6 Å². The zero-order chi connectivity index (χ0) is 22.3. The van der Waals surface area contributed by atoms with Gasteiger partial charge in [-0.25, -0.2) is 19.0 Å². The molecule has 0 aliphatic heterocycles. The largest absolute Gasteiger partial charge is 0.461 e. The van der Waals surface area contributed by atoms with Crippen LogP contribution in [0.4, 0.5) is 10.1 Å². The van der Waals surface area contributed by atoms with Gasteiger partial charge in [-0.05, 0) is 31.2 Å². The van der Waals surface area contributed by atoms with Crippen LogP contribution in [-0.2, 0) is 11.8 Å². The number of carbonyl (C=O) groups is 1. The van der Waals surface area contributed by atoms with Crippen molar-refractivity contribution in [1.29, 1.82) is 0 Å². The number of aryl methyl sites for hydroxylation is 1. The average Bonchev–Trinajstić information content (AvgIpc) is 3.24. The molecule has 0 bridgehead atoms. The average molecular weight is 458 g/mol. The van der Waals surface area contributed by atoms with Gasteiger partial charge in [0.05, 0.1) is 18.7 Å². The van der Waals surface area contributed by atoms with Crippen LogP contribution in [0.5, 0.6) is 0 Å². The fraction of sp³-hybridized carbons (Fsp3) is 0.143. The Balaban J connectivity index is 1.98. The highest BCUT2D eigenvalue weighted by molar-refractivity contribution is 6.34. The van der Waals surface area contributed by atoms with E-state index in [2.05, 4.69) is 14.9 Å². The van der Waals surface area contributed by atoms with E-state index in [1.807, 2.05) is 0 Å². The summed E-state index contributed by atoms with van der Waals surface area (Å²) in [5, 5.41) is 5.41. The summed E-state index contributed by atoms with van der Waals surface area (Å²) in [5.74, 6) is -1.20. The summed E-state index contributed by atoms with van der Waals surface area (Å²) in [6, 6.07) is 9.30. The lowest BCUT2D eigenvalue weighted by Gasteiger charge is -2.10. The standard InChI is InChI=1S/C21H14Cl2FN5O2/c1-4-31-21(30)17-19(23)29(12-6-8-15-13(10-12)18(22)28(3)27-15)20(26-17)11-5-7-16(25-2)14(24)9-11/h5-10H,4H2,1,3H3. The molecule has 4 aromatic rings. The number of aromatic nitrogens is 4. The van der Waals surface area contributed by atoms with Crippen molar-refractivity contribution in [3.8, 4) is 17.1 Å². The Hall–Kier alpha value is -3.41. The molecule has 31 heavy (non-hydrogen) atoms. The molecule has 0 radical (unpaired) electrons. The van der Waals surface area contributed by atoms with Crippen LogP contribution in [-0.4, -0.2) is 31.9 Å². The minimum Gasteiger partial charge on any atom is -0.461 e. The van der Waals surface area contributed by atoms with Gasteiger partial charge in [-0.15, -0.1) is 0 Å². The number of hydrogen-bond acceptors (Lipinski definition) is 4. The first-order valence-corrected chi connectivity index (χ1v) is 9.86. The SMILES string of the molecule is [C-]#[N+]c1ccc(-c2nc(C(=O)OCC)c(Cl)n2-c2ccc3nn(C)c(Cl)c3c2)cc1F. The molecule has 0 atom stereocenters. The molecule has 0 N–H and O–H groups in total. The third kappa shape index (κ3) is 3.52. The van der Waals surface area contributed by atoms with Crippen molar-refractivity contribution in [2.75, 3.05) is 6.61 Å². The van der Waals surface area contributed by atoms with Crippen molar-refractivity contribution in [2.45, 2.75) is 6.92 Å². The molecular weight excluding hydrogens is 444 g/mol.